The number of hydrogen-bond acceptors (Lipinski definition) is 6. The van der Waals surface area contributed by atoms with Crippen molar-refractivity contribution in [2.45, 2.75) is 85.2 Å². The van der Waals surface area contributed by atoms with Crippen LogP contribution in [0.4, 0.5) is 10.2 Å². The van der Waals surface area contributed by atoms with E-state index in [4.69, 9.17) is 0 Å². The normalized spacial score (nSPS) is 15.2. The Labute approximate surface area is 222 Å². The van der Waals surface area contributed by atoms with Crippen LogP contribution in [0.5, 0.6) is 0 Å². The van der Waals surface area contributed by atoms with E-state index in [1.165, 1.54) is 16.5 Å². The average Bonchev–Trinajstić information content (AvgIpc) is 2.85. The third-order valence-electron chi connectivity index (χ3n) is 6.82. The van der Waals surface area contributed by atoms with Crippen molar-refractivity contribution < 1.29 is 19.1 Å². The summed E-state index contributed by atoms with van der Waals surface area (Å²) in [5.74, 6) is -1.49. The van der Waals surface area contributed by atoms with E-state index in [0.29, 0.717) is 16.8 Å². The molecule has 1 amide bonds. The summed E-state index contributed by atoms with van der Waals surface area (Å²) in [5.41, 5.74) is 1.88. The van der Waals surface area contributed by atoms with Gasteiger partial charge in [-0.15, -0.1) is 0 Å². The van der Waals surface area contributed by atoms with Crippen LogP contribution in [0.25, 0.3) is 11.3 Å². The third-order valence-corrected chi connectivity index (χ3v) is 7.22. The summed E-state index contributed by atoms with van der Waals surface area (Å²) >= 11 is 1.17. The second kappa shape index (κ2) is 12.2. The van der Waals surface area contributed by atoms with Gasteiger partial charge in [-0.1, -0.05) is 81.8 Å². The molecule has 0 aliphatic heterocycles. The summed E-state index contributed by atoms with van der Waals surface area (Å²) < 4.78 is 17.7. The second-order valence-electron chi connectivity index (χ2n) is 11.1. The van der Waals surface area contributed by atoms with Crippen LogP contribution in [0, 0.1) is 19.3 Å². The number of carbonyl (C=O) groups excluding carboxylic acids is 2. The fraction of sp³-hybridized carbons (Fsp3) is 0.536. The Balaban J connectivity index is 2.33. The molecule has 1 aromatic heterocycles. The number of nitrogens with one attached hydrogen (secondary N) is 2. The zero-order valence-electron chi connectivity index (χ0n) is 22.6. The minimum Gasteiger partial charge on any atom is -0.349 e. The number of halogens is 1. The third kappa shape index (κ3) is 6.74. The van der Waals surface area contributed by atoms with E-state index in [9.17, 15) is 18.9 Å². The van der Waals surface area contributed by atoms with Gasteiger partial charge in [-0.2, -0.15) is 0 Å². The number of pyridine rings is 1. The van der Waals surface area contributed by atoms with Crippen molar-refractivity contribution >= 4 is 29.5 Å². The van der Waals surface area contributed by atoms with Gasteiger partial charge in [-0.3, -0.25) is 19.1 Å². The first kappa shape index (κ1) is 28.8. The summed E-state index contributed by atoms with van der Waals surface area (Å²) in [5, 5.41) is 3.12. The number of nitrogens with zero attached hydrogens (tertiary/aromatic N) is 1. The Morgan fingerprint density at radius 1 is 1.14 bits per heavy atom. The van der Waals surface area contributed by atoms with Gasteiger partial charge in [0.15, 0.2) is 0 Å². The summed E-state index contributed by atoms with van der Waals surface area (Å²) in [7, 11) is 0. The maximum atomic E-state index is 14.1. The number of amides is 1. The van der Waals surface area contributed by atoms with Crippen LogP contribution in [-0.4, -0.2) is 28.7 Å². The number of aromatic nitrogens is 1. The number of rotatable bonds is 8. The molecule has 1 unspecified atom stereocenters. The number of hydrogen-bond donors (Lipinski definition) is 2. The summed E-state index contributed by atoms with van der Waals surface area (Å²) in [6.45, 7) is 9.43. The molecule has 1 saturated carbocycles. The van der Waals surface area contributed by atoms with Gasteiger partial charge in [-0.25, -0.2) is 4.79 Å². The lowest BCUT2D eigenvalue weighted by Gasteiger charge is -2.30. The topological polar surface area (TPSA) is 89.4 Å². The van der Waals surface area contributed by atoms with Crippen LogP contribution in [0.2, 0.25) is 0 Å². The van der Waals surface area contributed by atoms with Gasteiger partial charge in [0.05, 0.1) is 11.3 Å². The van der Waals surface area contributed by atoms with Gasteiger partial charge >= 0.3 is 5.97 Å². The highest BCUT2D eigenvalue weighted by molar-refractivity contribution is 7.99. The van der Waals surface area contributed by atoms with Crippen molar-refractivity contribution in [1.82, 2.24) is 9.88 Å². The SMILES string of the molecule is CSNc1c(C(=O)NC2CCCCC2)c(C)c(-c2ccc(C)cc2)n(C(CC(C)(C)C)C(=O)OF)c1=O. The molecular weight excluding hydrogens is 493 g/mol. The van der Waals surface area contributed by atoms with E-state index in [0.717, 1.165) is 37.7 Å². The van der Waals surface area contributed by atoms with Crippen LogP contribution in [0.15, 0.2) is 29.1 Å². The maximum Gasteiger partial charge on any atom is 0.371 e. The van der Waals surface area contributed by atoms with Crippen molar-refractivity contribution in [2.24, 2.45) is 5.41 Å². The van der Waals surface area contributed by atoms with Gasteiger partial charge in [0.1, 0.15) is 11.7 Å². The molecule has 1 atom stereocenters. The Morgan fingerprint density at radius 3 is 2.30 bits per heavy atom. The first-order valence-corrected chi connectivity index (χ1v) is 14.0. The molecule has 3 rings (SSSR count). The molecule has 0 saturated heterocycles. The molecule has 2 aromatic rings. The number of anilines is 1. The highest BCUT2D eigenvalue weighted by Crippen LogP contribution is 2.36. The van der Waals surface area contributed by atoms with Crippen LogP contribution in [0.3, 0.4) is 0 Å². The number of benzene rings is 1. The smallest absolute Gasteiger partial charge is 0.349 e. The van der Waals surface area contributed by atoms with Crippen LogP contribution < -0.4 is 15.6 Å². The molecule has 1 aliphatic carbocycles. The molecule has 0 spiro atoms. The molecule has 7 nitrogen and oxygen atoms in total. The Hall–Kier alpha value is -2.81. The summed E-state index contributed by atoms with van der Waals surface area (Å²) in [6.07, 6.45) is 6.95. The van der Waals surface area contributed by atoms with Crippen LogP contribution >= 0.6 is 11.9 Å². The monoisotopic (exact) mass is 531 g/mol. The highest BCUT2D eigenvalue weighted by atomic mass is 32.2. The summed E-state index contributed by atoms with van der Waals surface area (Å²) in [6, 6.07) is 6.28. The van der Waals surface area contributed by atoms with Crippen LogP contribution in [0.1, 0.15) is 86.8 Å². The first-order chi connectivity index (χ1) is 17.5. The molecule has 1 heterocycles. The minimum absolute atomic E-state index is 0.0446. The molecule has 0 bridgehead atoms. The van der Waals surface area contributed by atoms with Crippen LogP contribution in [-0.2, 0) is 9.74 Å². The largest absolute Gasteiger partial charge is 0.371 e. The van der Waals surface area contributed by atoms with Crippen molar-refractivity contribution in [3.05, 3.63) is 51.3 Å². The standard InChI is InChI=1S/C28H38FN3O4S/c1-17-12-14-19(15-13-17)24-18(2)22(25(33)30-20-10-8-7-9-11-20)23(31-37-6)26(34)32(24)21(27(35)36-29)16-28(3,4)5/h12-15,20-21,31H,7-11,16H2,1-6H3,(H,30,33). The lowest BCUT2D eigenvalue weighted by Crippen LogP contribution is -2.40. The quantitative estimate of drug-likeness (QED) is 0.389. The maximum absolute atomic E-state index is 14.1. The fourth-order valence-corrected chi connectivity index (χ4v) is 5.47. The van der Waals surface area contributed by atoms with Gasteiger partial charge in [0, 0.05) is 16.8 Å². The van der Waals surface area contributed by atoms with E-state index in [1.807, 2.05) is 52.0 Å². The van der Waals surface area contributed by atoms with Gasteiger partial charge < -0.3 is 10.0 Å². The van der Waals surface area contributed by atoms with Gasteiger partial charge in [-0.05, 0) is 49.7 Å². The minimum atomic E-state index is -1.23. The first-order valence-electron chi connectivity index (χ1n) is 12.8. The molecule has 1 aliphatic rings. The van der Waals surface area contributed by atoms with E-state index in [-0.39, 0.29) is 29.6 Å². The van der Waals surface area contributed by atoms with Crippen molar-refractivity contribution in [2.75, 3.05) is 11.0 Å². The van der Waals surface area contributed by atoms with Crippen molar-refractivity contribution in [3.8, 4) is 11.3 Å². The lowest BCUT2D eigenvalue weighted by atomic mass is 9.87. The molecule has 2 N–H and O–H groups in total. The molecule has 202 valence electrons. The predicted octanol–water partition coefficient (Wildman–Crippen LogP) is 6.29. The van der Waals surface area contributed by atoms with Gasteiger partial charge in [0.2, 0.25) is 0 Å². The number of aryl methyl sites for hydroxylation is 1. The Bertz CT molecular complexity index is 1180. The Morgan fingerprint density at radius 2 is 1.76 bits per heavy atom. The van der Waals surface area contributed by atoms with E-state index in [1.54, 1.807) is 13.2 Å². The Kier molecular flexibility index (Phi) is 9.45. The highest BCUT2D eigenvalue weighted by Gasteiger charge is 2.35. The molecule has 37 heavy (non-hydrogen) atoms. The van der Waals surface area contributed by atoms with Crippen molar-refractivity contribution in [1.29, 1.82) is 0 Å². The zero-order valence-corrected chi connectivity index (χ0v) is 23.4. The average molecular weight is 532 g/mol. The molecule has 0 radical (unpaired) electrons. The number of carbonyl (C=O) groups is 2. The molecule has 9 heteroatoms. The lowest BCUT2D eigenvalue weighted by molar-refractivity contribution is -0.189. The van der Waals surface area contributed by atoms with E-state index >= 15 is 0 Å². The second-order valence-corrected chi connectivity index (χ2v) is 11.7. The molecule has 1 fully saturated rings. The van der Waals surface area contributed by atoms with E-state index < -0.39 is 23.0 Å². The van der Waals surface area contributed by atoms with Gasteiger partial charge in [0.25, 0.3) is 11.5 Å². The molecular formula is C28H38FN3O4S. The summed E-state index contributed by atoms with van der Waals surface area (Å²) in [4.78, 5) is 44.2. The zero-order chi connectivity index (χ0) is 27.3. The van der Waals surface area contributed by atoms with E-state index in [2.05, 4.69) is 15.0 Å². The molecule has 1 aromatic carbocycles. The fourth-order valence-electron chi connectivity index (χ4n) is 5.08. The predicted molar refractivity (Wildman–Crippen MR) is 147 cm³/mol. The van der Waals surface area contributed by atoms with Crippen molar-refractivity contribution in [3.63, 3.8) is 0 Å².